The third-order valence-corrected chi connectivity index (χ3v) is 2.75. The third-order valence-electron chi connectivity index (χ3n) is 1.75. The van der Waals surface area contributed by atoms with E-state index in [1.54, 1.807) is 13.2 Å². The molecule has 0 saturated carbocycles. The molecule has 0 radical (unpaired) electrons. The highest BCUT2D eigenvalue weighted by atomic mass is 32.2. The fraction of sp³-hybridized carbons (Fsp3) is 0.556. The van der Waals surface area contributed by atoms with Crippen LogP contribution >= 0.6 is 11.8 Å². The number of hydrazine groups is 1. The summed E-state index contributed by atoms with van der Waals surface area (Å²) in [6.45, 7) is 2.34. The van der Waals surface area contributed by atoms with Gasteiger partial charge in [-0.25, -0.2) is 15.8 Å². The van der Waals surface area contributed by atoms with Crippen molar-refractivity contribution in [1.29, 1.82) is 0 Å². The quantitative estimate of drug-likeness (QED) is 0.288. The highest BCUT2D eigenvalue weighted by Crippen LogP contribution is 2.22. The van der Waals surface area contributed by atoms with Crippen molar-refractivity contribution in [2.24, 2.45) is 5.84 Å². The number of nitrogens with one attached hydrogen (secondary N) is 1. The van der Waals surface area contributed by atoms with E-state index in [4.69, 9.17) is 15.7 Å². The number of aliphatic hydroxyl groups is 1. The Hall–Kier alpha value is -0.890. The van der Waals surface area contributed by atoms with E-state index in [0.717, 1.165) is 5.03 Å². The Balaban J connectivity index is 2.85. The first kappa shape index (κ1) is 13.2. The maximum atomic E-state index is 8.97. The number of aliphatic hydroxyl groups excluding tert-OH is 1. The first-order valence-corrected chi connectivity index (χ1v) is 5.68. The largest absolute Gasteiger partial charge is 0.395 e. The van der Waals surface area contributed by atoms with Gasteiger partial charge in [-0.2, -0.15) is 0 Å². The van der Waals surface area contributed by atoms with Crippen molar-refractivity contribution in [2.75, 3.05) is 19.1 Å². The minimum absolute atomic E-state index is 0.0796. The molecule has 90 valence electrons. The van der Waals surface area contributed by atoms with Crippen LogP contribution in [-0.4, -0.2) is 34.0 Å². The predicted octanol–water partition coefficient (Wildman–Crippen LogP) is 0.381. The molecule has 1 unspecified atom stereocenters. The van der Waals surface area contributed by atoms with Crippen LogP contribution in [0.15, 0.2) is 11.1 Å². The van der Waals surface area contributed by atoms with Crippen LogP contribution in [0.5, 0.6) is 0 Å². The summed E-state index contributed by atoms with van der Waals surface area (Å²) in [6, 6.07) is 1.73. The van der Waals surface area contributed by atoms with Crippen molar-refractivity contribution in [3.8, 4) is 0 Å². The van der Waals surface area contributed by atoms with Crippen molar-refractivity contribution in [1.82, 2.24) is 9.97 Å². The highest BCUT2D eigenvalue weighted by molar-refractivity contribution is 7.99. The minimum Gasteiger partial charge on any atom is -0.395 e. The van der Waals surface area contributed by atoms with E-state index in [1.165, 1.54) is 11.8 Å². The second kappa shape index (κ2) is 6.64. The number of thioether (sulfide) groups is 1. The normalized spacial score (nSPS) is 12.5. The van der Waals surface area contributed by atoms with Crippen LogP contribution in [0.2, 0.25) is 0 Å². The standard InChI is InChI=1S/C9H16N4O2S/c1-6(4-14)16-9-3-7(13-10)11-8(12-9)5-15-2/h3,6,14H,4-5,10H2,1-2H3,(H,11,12,13). The van der Waals surface area contributed by atoms with E-state index in [1.807, 2.05) is 6.92 Å². The Morgan fingerprint density at radius 1 is 1.62 bits per heavy atom. The number of methoxy groups -OCH3 is 1. The number of hydrogen-bond donors (Lipinski definition) is 3. The lowest BCUT2D eigenvalue weighted by Gasteiger charge is -2.09. The molecule has 0 aliphatic rings. The fourth-order valence-electron chi connectivity index (χ4n) is 1.04. The van der Waals surface area contributed by atoms with Crippen molar-refractivity contribution >= 4 is 17.6 Å². The molecule has 0 aliphatic carbocycles. The summed E-state index contributed by atoms with van der Waals surface area (Å²) in [6.07, 6.45) is 0. The molecular formula is C9H16N4O2S. The molecule has 6 nitrogen and oxygen atoms in total. The van der Waals surface area contributed by atoms with Gasteiger partial charge in [-0.15, -0.1) is 11.8 Å². The summed E-state index contributed by atoms with van der Waals surface area (Å²) in [5.41, 5.74) is 2.47. The van der Waals surface area contributed by atoms with Gasteiger partial charge in [-0.1, -0.05) is 6.92 Å². The van der Waals surface area contributed by atoms with Gasteiger partial charge in [0.2, 0.25) is 0 Å². The molecule has 0 bridgehead atoms. The summed E-state index contributed by atoms with van der Waals surface area (Å²) in [7, 11) is 1.58. The number of rotatable bonds is 6. The number of hydrogen-bond acceptors (Lipinski definition) is 7. The van der Waals surface area contributed by atoms with Crippen molar-refractivity contribution in [3.05, 3.63) is 11.9 Å². The number of anilines is 1. The smallest absolute Gasteiger partial charge is 0.157 e. The molecular weight excluding hydrogens is 228 g/mol. The molecule has 0 spiro atoms. The molecule has 0 amide bonds. The molecule has 4 N–H and O–H groups in total. The van der Waals surface area contributed by atoms with E-state index in [2.05, 4.69) is 15.4 Å². The Morgan fingerprint density at radius 3 is 2.94 bits per heavy atom. The van der Waals surface area contributed by atoms with Gasteiger partial charge in [0, 0.05) is 18.4 Å². The lowest BCUT2D eigenvalue weighted by molar-refractivity contribution is 0.177. The van der Waals surface area contributed by atoms with E-state index in [-0.39, 0.29) is 11.9 Å². The zero-order valence-corrected chi connectivity index (χ0v) is 10.1. The summed E-state index contributed by atoms with van der Waals surface area (Å²) < 4.78 is 4.96. The molecule has 0 saturated heterocycles. The lowest BCUT2D eigenvalue weighted by Crippen LogP contribution is -2.12. The van der Waals surface area contributed by atoms with Gasteiger partial charge < -0.3 is 15.3 Å². The maximum Gasteiger partial charge on any atom is 0.157 e. The third kappa shape index (κ3) is 3.93. The molecule has 0 fully saturated rings. The van der Waals surface area contributed by atoms with Crippen LogP contribution < -0.4 is 11.3 Å². The van der Waals surface area contributed by atoms with Crippen LogP contribution in [0.4, 0.5) is 5.82 Å². The van der Waals surface area contributed by atoms with E-state index in [0.29, 0.717) is 18.2 Å². The van der Waals surface area contributed by atoms with E-state index < -0.39 is 0 Å². The second-order valence-electron chi connectivity index (χ2n) is 3.20. The monoisotopic (exact) mass is 244 g/mol. The Bertz CT molecular complexity index is 337. The zero-order valence-electron chi connectivity index (χ0n) is 9.30. The summed E-state index contributed by atoms with van der Waals surface area (Å²) >= 11 is 1.46. The molecule has 1 heterocycles. The molecule has 7 heteroatoms. The number of nitrogens with two attached hydrogens (primary N) is 1. The molecule has 0 aromatic carbocycles. The highest BCUT2D eigenvalue weighted by Gasteiger charge is 2.08. The van der Waals surface area contributed by atoms with Crippen LogP contribution in [0.1, 0.15) is 12.7 Å². The fourth-order valence-corrected chi connectivity index (χ4v) is 1.87. The molecule has 0 aliphatic heterocycles. The van der Waals surface area contributed by atoms with Crippen LogP contribution in [0.3, 0.4) is 0 Å². The van der Waals surface area contributed by atoms with Crippen LogP contribution in [0.25, 0.3) is 0 Å². The lowest BCUT2D eigenvalue weighted by atomic mass is 10.5. The first-order valence-electron chi connectivity index (χ1n) is 4.80. The molecule has 1 rings (SSSR count). The Kier molecular flexibility index (Phi) is 5.47. The van der Waals surface area contributed by atoms with Gasteiger partial charge >= 0.3 is 0 Å². The number of aromatic nitrogens is 2. The maximum absolute atomic E-state index is 8.97. The summed E-state index contributed by atoms with van der Waals surface area (Å²) in [4.78, 5) is 8.41. The topological polar surface area (TPSA) is 93.3 Å². The van der Waals surface area contributed by atoms with Gasteiger partial charge in [0.25, 0.3) is 0 Å². The van der Waals surface area contributed by atoms with E-state index in [9.17, 15) is 0 Å². The SMILES string of the molecule is COCc1nc(NN)cc(SC(C)CO)n1. The first-order chi connectivity index (χ1) is 7.69. The average molecular weight is 244 g/mol. The second-order valence-corrected chi connectivity index (χ2v) is 4.65. The zero-order chi connectivity index (χ0) is 12.0. The molecule has 1 aromatic heterocycles. The average Bonchev–Trinajstić information content (AvgIpc) is 2.29. The summed E-state index contributed by atoms with van der Waals surface area (Å²) in [5, 5.41) is 9.81. The number of nitrogens with zero attached hydrogens (tertiary/aromatic N) is 2. The van der Waals surface area contributed by atoms with Gasteiger partial charge in [0.1, 0.15) is 17.5 Å². The predicted molar refractivity (Wildman–Crippen MR) is 63.0 cm³/mol. The van der Waals surface area contributed by atoms with Gasteiger partial charge in [-0.05, 0) is 0 Å². The van der Waals surface area contributed by atoms with Crippen molar-refractivity contribution in [2.45, 2.75) is 23.8 Å². The van der Waals surface area contributed by atoms with Crippen LogP contribution in [-0.2, 0) is 11.3 Å². The molecule has 16 heavy (non-hydrogen) atoms. The van der Waals surface area contributed by atoms with Gasteiger partial charge in [0.05, 0.1) is 6.61 Å². The molecule has 1 aromatic rings. The van der Waals surface area contributed by atoms with Crippen molar-refractivity contribution < 1.29 is 9.84 Å². The number of nitrogen functional groups attached to an aromatic ring is 1. The minimum atomic E-state index is 0.0796. The Labute approximate surface area is 98.6 Å². The summed E-state index contributed by atoms with van der Waals surface area (Å²) in [5.74, 6) is 6.40. The van der Waals surface area contributed by atoms with Crippen molar-refractivity contribution in [3.63, 3.8) is 0 Å². The van der Waals surface area contributed by atoms with Gasteiger partial charge in [0.15, 0.2) is 5.82 Å². The van der Waals surface area contributed by atoms with E-state index >= 15 is 0 Å². The van der Waals surface area contributed by atoms with Crippen LogP contribution in [0, 0.1) is 0 Å². The number of ether oxygens (including phenoxy) is 1. The Morgan fingerprint density at radius 2 is 2.38 bits per heavy atom. The molecule has 1 atom stereocenters. The van der Waals surface area contributed by atoms with Gasteiger partial charge in [-0.3, -0.25) is 0 Å².